The number of aromatic nitrogens is 3. The van der Waals surface area contributed by atoms with Gasteiger partial charge in [-0.15, -0.1) is 5.10 Å². The van der Waals surface area contributed by atoms with E-state index in [1.807, 2.05) is 24.3 Å². The van der Waals surface area contributed by atoms with Gasteiger partial charge in [0, 0.05) is 24.2 Å². The number of nitrogens with zero attached hydrogens (tertiary/aromatic N) is 3. The fraction of sp³-hybridized carbons (Fsp3) is 0.174. The number of rotatable bonds is 5. The van der Waals surface area contributed by atoms with E-state index in [-0.39, 0.29) is 6.04 Å². The summed E-state index contributed by atoms with van der Waals surface area (Å²) in [5.41, 5.74) is 9.90. The van der Waals surface area contributed by atoms with Gasteiger partial charge in [0.05, 0.1) is 11.9 Å². The zero-order valence-corrected chi connectivity index (χ0v) is 15.9. The first-order valence-electron chi connectivity index (χ1n) is 9.84. The molecule has 3 N–H and O–H groups in total. The van der Waals surface area contributed by atoms with E-state index in [9.17, 15) is 0 Å². The van der Waals surface area contributed by atoms with Crippen molar-refractivity contribution in [1.82, 2.24) is 26.0 Å². The average molecular weight is 382 g/mol. The fourth-order valence-electron chi connectivity index (χ4n) is 3.83. The molecule has 4 aromatic rings. The lowest BCUT2D eigenvalue weighted by molar-refractivity contribution is 0.552. The van der Waals surface area contributed by atoms with Crippen LogP contribution in [0.1, 0.15) is 18.0 Å². The van der Waals surface area contributed by atoms with Gasteiger partial charge in [0.1, 0.15) is 0 Å². The number of fused-ring (bicyclic) bond motifs is 1. The smallest absolute Gasteiger partial charge is 0.243 e. The summed E-state index contributed by atoms with van der Waals surface area (Å²) >= 11 is 0. The molecule has 29 heavy (non-hydrogen) atoms. The van der Waals surface area contributed by atoms with Gasteiger partial charge in [-0.1, -0.05) is 72.8 Å². The van der Waals surface area contributed by atoms with Crippen molar-refractivity contribution in [2.75, 3.05) is 11.9 Å². The normalized spacial score (nSPS) is 18.8. The second-order valence-corrected chi connectivity index (χ2v) is 7.26. The molecule has 0 aliphatic carbocycles. The van der Waals surface area contributed by atoms with E-state index in [0.29, 0.717) is 12.0 Å². The van der Waals surface area contributed by atoms with Crippen molar-refractivity contribution >= 4 is 16.7 Å². The van der Waals surface area contributed by atoms with Crippen molar-refractivity contribution in [3.63, 3.8) is 0 Å². The van der Waals surface area contributed by atoms with E-state index in [1.54, 1.807) is 6.20 Å². The van der Waals surface area contributed by atoms with Crippen molar-refractivity contribution in [2.45, 2.75) is 18.5 Å². The third kappa shape index (κ3) is 3.81. The van der Waals surface area contributed by atoms with Gasteiger partial charge >= 0.3 is 0 Å². The molecule has 6 nitrogen and oxygen atoms in total. The van der Waals surface area contributed by atoms with E-state index < -0.39 is 0 Å². The number of benzene rings is 3. The van der Waals surface area contributed by atoms with Gasteiger partial charge in [-0.25, -0.2) is 10.4 Å². The number of hydrogen-bond donors (Lipinski definition) is 3. The first-order valence-corrected chi connectivity index (χ1v) is 9.84. The Hall–Kier alpha value is -3.35. The Balaban J connectivity index is 1.29. The molecule has 1 fully saturated rings. The predicted molar refractivity (Wildman–Crippen MR) is 115 cm³/mol. The van der Waals surface area contributed by atoms with Crippen LogP contribution in [0, 0.1) is 0 Å². The first-order chi connectivity index (χ1) is 14.4. The second-order valence-electron chi connectivity index (χ2n) is 7.26. The van der Waals surface area contributed by atoms with Crippen molar-refractivity contribution in [3.8, 4) is 11.3 Å². The Bertz CT molecular complexity index is 1110. The second kappa shape index (κ2) is 7.95. The topological polar surface area (TPSA) is 74.8 Å². The van der Waals surface area contributed by atoms with Crippen LogP contribution in [0.15, 0.2) is 79.0 Å². The van der Waals surface area contributed by atoms with Crippen LogP contribution in [0.2, 0.25) is 0 Å². The van der Waals surface area contributed by atoms with Crippen LogP contribution in [0.3, 0.4) is 0 Å². The molecule has 0 radical (unpaired) electrons. The van der Waals surface area contributed by atoms with Crippen LogP contribution < -0.4 is 16.2 Å². The molecule has 0 saturated carbocycles. The highest BCUT2D eigenvalue weighted by Crippen LogP contribution is 2.27. The number of anilines is 1. The van der Waals surface area contributed by atoms with E-state index >= 15 is 0 Å². The van der Waals surface area contributed by atoms with E-state index in [4.69, 9.17) is 4.98 Å². The van der Waals surface area contributed by atoms with Gasteiger partial charge in [0.25, 0.3) is 0 Å². The van der Waals surface area contributed by atoms with Crippen molar-refractivity contribution in [2.24, 2.45) is 0 Å². The summed E-state index contributed by atoms with van der Waals surface area (Å²) in [5.74, 6) is 0.542. The largest absolute Gasteiger partial charge is 0.351 e. The molecule has 0 bridgehead atoms. The van der Waals surface area contributed by atoms with Gasteiger partial charge in [-0.2, -0.15) is 5.10 Å². The Kier molecular flexibility index (Phi) is 4.86. The molecular formula is C23H22N6. The zero-order valence-electron chi connectivity index (χ0n) is 15.9. The number of hydrazine groups is 1. The van der Waals surface area contributed by atoms with Crippen LogP contribution in [-0.2, 0) is 0 Å². The Morgan fingerprint density at radius 1 is 0.897 bits per heavy atom. The van der Waals surface area contributed by atoms with Crippen molar-refractivity contribution < 1.29 is 0 Å². The van der Waals surface area contributed by atoms with E-state index in [0.717, 1.165) is 29.6 Å². The van der Waals surface area contributed by atoms with Crippen molar-refractivity contribution in [3.05, 3.63) is 84.6 Å². The highest BCUT2D eigenvalue weighted by Gasteiger charge is 2.24. The summed E-state index contributed by atoms with van der Waals surface area (Å²) in [5, 5.41) is 14.0. The molecule has 2 unspecified atom stereocenters. The molecule has 2 heterocycles. The summed E-state index contributed by atoms with van der Waals surface area (Å²) in [6.07, 6.45) is 2.71. The van der Waals surface area contributed by atoms with Gasteiger partial charge in [-0.3, -0.25) is 5.43 Å². The van der Waals surface area contributed by atoms with Crippen LogP contribution in [0.4, 0.5) is 5.95 Å². The van der Waals surface area contributed by atoms with Crippen LogP contribution in [0.25, 0.3) is 22.0 Å². The molecule has 1 aliphatic rings. The number of nitrogens with one attached hydrogen (secondary N) is 3. The summed E-state index contributed by atoms with van der Waals surface area (Å²) in [6, 6.07) is 25.6. The maximum absolute atomic E-state index is 4.70. The molecule has 1 aromatic heterocycles. The molecule has 3 aromatic carbocycles. The monoisotopic (exact) mass is 382 g/mol. The van der Waals surface area contributed by atoms with Gasteiger partial charge in [-0.05, 0) is 22.8 Å². The van der Waals surface area contributed by atoms with Gasteiger partial charge in [0.2, 0.25) is 5.95 Å². The van der Waals surface area contributed by atoms with Gasteiger partial charge in [0.15, 0.2) is 0 Å². The minimum Gasteiger partial charge on any atom is -0.351 e. The predicted octanol–water partition coefficient (Wildman–Crippen LogP) is 3.71. The molecule has 6 heteroatoms. The van der Waals surface area contributed by atoms with Gasteiger partial charge < -0.3 is 5.32 Å². The van der Waals surface area contributed by atoms with Crippen LogP contribution in [0.5, 0.6) is 0 Å². The summed E-state index contributed by atoms with van der Waals surface area (Å²) < 4.78 is 0. The third-order valence-electron chi connectivity index (χ3n) is 5.31. The third-order valence-corrected chi connectivity index (χ3v) is 5.31. The van der Waals surface area contributed by atoms with Crippen molar-refractivity contribution in [1.29, 1.82) is 0 Å². The summed E-state index contributed by atoms with van der Waals surface area (Å²) in [6.45, 7) is 0.719. The highest BCUT2D eigenvalue weighted by atomic mass is 15.4. The summed E-state index contributed by atoms with van der Waals surface area (Å²) in [4.78, 5) is 4.70. The van der Waals surface area contributed by atoms with E-state index in [1.165, 1.54) is 10.9 Å². The quantitative estimate of drug-likeness (QED) is 0.489. The lowest BCUT2D eigenvalue weighted by Gasteiger charge is -2.11. The minimum absolute atomic E-state index is 0.282. The molecular weight excluding hydrogens is 360 g/mol. The molecule has 5 rings (SSSR count). The fourth-order valence-corrected chi connectivity index (χ4v) is 3.83. The minimum atomic E-state index is 0.282. The van der Waals surface area contributed by atoms with Crippen LogP contribution >= 0.6 is 0 Å². The average Bonchev–Trinajstić information content (AvgIpc) is 3.27. The molecule has 1 saturated heterocycles. The Morgan fingerprint density at radius 3 is 2.66 bits per heavy atom. The maximum atomic E-state index is 4.70. The highest BCUT2D eigenvalue weighted by molar-refractivity contribution is 5.95. The molecule has 144 valence electrons. The Morgan fingerprint density at radius 2 is 1.72 bits per heavy atom. The Labute approximate surface area is 169 Å². The summed E-state index contributed by atoms with van der Waals surface area (Å²) in [7, 11) is 0. The standard InChI is InChI=1S/C23H22N6/c1-2-8-17(9-3-1)21-13-18(27-28-21)14-24-23-26-22(15-25-29-23)20-12-6-10-16-7-4-5-11-19(16)20/h1-12,15,18,21,27-28H,13-14H2,(H,24,26,29). The zero-order chi connectivity index (χ0) is 19.5. The number of hydrogen-bond acceptors (Lipinski definition) is 6. The molecule has 1 aliphatic heterocycles. The molecule has 2 atom stereocenters. The first kappa shape index (κ1) is 17.7. The SMILES string of the molecule is c1ccc(C2CC(CNc3nncc(-c4cccc5ccccc45)n3)NN2)cc1. The lowest BCUT2D eigenvalue weighted by atomic mass is 10.0. The maximum Gasteiger partial charge on any atom is 0.243 e. The van der Waals surface area contributed by atoms with E-state index in [2.05, 4.69) is 74.9 Å². The van der Waals surface area contributed by atoms with Crippen LogP contribution in [-0.4, -0.2) is 27.8 Å². The lowest BCUT2D eigenvalue weighted by Crippen LogP contribution is -2.35. The molecule has 0 spiro atoms. The molecule has 0 amide bonds.